The van der Waals surface area contributed by atoms with Crippen molar-refractivity contribution in [2.24, 2.45) is 23.7 Å². The monoisotopic (exact) mass is 239 g/mol. The van der Waals surface area contributed by atoms with Gasteiger partial charge < -0.3 is 5.11 Å². The van der Waals surface area contributed by atoms with Crippen molar-refractivity contribution in [3.63, 3.8) is 0 Å². The minimum absolute atomic E-state index is 0.148. The third-order valence-electron chi connectivity index (χ3n) is 5.04. The van der Waals surface area contributed by atoms with Crippen molar-refractivity contribution >= 4 is 5.97 Å². The summed E-state index contributed by atoms with van der Waals surface area (Å²) in [6.07, 6.45) is 3.80. The first kappa shape index (κ1) is 12.9. The molecule has 1 aliphatic heterocycles. The Morgan fingerprint density at radius 1 is 1.06 bits per heavy atom. The highest BCUT2D eigenvalue weighted by Gasteiger charge is 2.39. The largest absolute Gasteiger partial charge is 0.481 e. The average molecular weight is 239 g/mol. The molecule has 0 amide bonds. The van der Waals surface area contributed by atoms with Crippen LogP contribution in [0, 0.1) is 23.7 Å². The Labute approximate surface area is 104 Å². The standard InChI is InChI=1S/C14H25NO2/c1-9-4-5-12(6-10(9)2)15-7-11(3)13(8-15)14(16)17/h9-13H,4-8H2,1-3H3,(H,16,17). The van der Waals surface area contributed by atoms with E-state index in [2.05, 4.69) is 25.7 Å². The van der Waals surface area contributed by atoms with Crippen molar-refractivity contribution in [2.75, 3.05) is 13.1 Å². The number of aliphatic carboxylic acids is 1. The molecule has 1 saturated carbocycles. The van der Waals surface area contributed by atoms with E-state index in [0.29, 0.717) is 12.0 Å². The van der Waals surface area contributed by atoms with Gasteiger partial charge in [-0.1, -0.05) is 20.8 Å². The predicted molar refractivity (Wildman–Crippen MR) is 67.8 cm³/mol. The molecule has 0 spiro atoms. The highest BCUT2D eigenvalue weighted by Crippen LogP contribution is 2.35. The average Bonchev–Trinajstić information content (AvgIpc) is 2.64. The number of rotatable bonds is 2. The molecule has 0 aromatic heterocycles. The van der Waals surface area contributed by atoms with Crippen LogP contribution in [0.5, 0.6) is 0 Å². The van der Waals surface area contributed by atoms with Gasteiger partial charge in [0.25, 0.3) is 0 Å². The van der Waals surface area contributed by atoms with Crippen LogP contribution in [-0.4, -0.2) is 35.1 Å². The molecule has 3 nitrogen and oxygen atoms in total. The quantitative estimate of drug-likeness (QED) is 0.804. The van der Waals surface area contributed by atoms with Crippen LogP contribution >= 0.6 is 0 Å². The number of carboxylic acids is 1. The first-order valence-electron chi connectivity index (χ1n) is 6.96. The van der Waals surface area contributed by atoms with E-state index < -0.39 is 5.97 Å². The van der Waals surface area contributed by atoms with Crippen molar-refractivity contribution in [1.29, 1.82) is 0 Å². The van der Waals surface area contributed by atoms with E-state index in [1.807, 2.05) is 0 Å². The maximum absolute atomic E-state index is 11.1. The summed E-state index contributed by atoms with van der Waals surface area (Å²) in [5, 5.41) is 9.17. The van der Waals surface area contributed by atoms with Crippen molar-refractivity contribution in [2.45, 2.75) is 46.1 Å². The lowest BCUT2D eigenvalue weighted by atomic mass is 9.78. The Bertz CT molecular complexity index is 292. The molecule has 98 valence electrons. The zero-order valence-electron chi connectivity index (χ0n) is 11.2. The molecule has 5 unspecified atom stereocenters. The number of hydrogen-bond donors (Lipinski definition) is 1. The van der Waals surface area contributed by atoms with Gasteiger partial charge >= 0.3 is 5.97 Å². The molecular formula is C14H25NO2. The molecule has 2 aliphatic rings. The zero-order chi connectivity index (χ0) is 12.6. The van der Waals surface area contributed by atoms with Gasteiger partial charge in [0.2, 0.25) is 0 Å². The maximum Gasteiger partial charge on any atom is 0.308 e. The second-order valence-electron chi connectivity index (χ2n) is 6.30. The van der Waals surface area contributed by atoms with E-state index in [0.717, 1.165) is 24.9 Å². The Hall–Kier alpha value is -0.570. The molecule has 1 N–H and O–H groups in total. The van der Waals surface area contributed by atoms with E-state index in [4.69, 9.17) is 5.11 Å². The van der Waals surface area contributed by atoms with Gasteiger partial charge in [-0.2, -0.15) is 0 Å². The first-order chi connectivity index (χ1) is 7.99. The van der Waals surface area contributed by atoms with Gasteiger partial charge in [0.05, 0.1) is 5.92 Å². The lowest BCUT2D eigenvalue weighted by molar-refractivity contribution is -0.142. The predicted octanol–water partition coefficient (Wildman–Crippen LogP) is 2.46. The normalized spacial score (nSPS) is 43.8. The van der Waals surface area contributed by atoms with E-state index in [1.54, 1.807) is 0 Å². The van der Waals surface area contributed by atoms with E-state index in [1.165, 1.54) is 19.3 Å². The Morgan fingerprint density at radius 3 is 2.29 bits per heavy atom. The van der Waals surface area contributed by atoms with E-state index in [9.17, 15) is 4.79 Å². The molecule has 0 radical (unpaired) electrons. The molecule has 5 atom stereocenters. The van der Waals surface area contributed by atoms with Gasteiger partial charge in [0.1, 0.15) is 0 Å². The molecular weight excluding hydrogens is 214 g/mol. The van der Waals surface area contributed by atoms with Gasteiger partial charge in [-0.15, -0.1) is 0 Å². The summed E-state index contributed by atoms with van der Waals surface area (Å²) in [4.78, 5) is 13.6. The SMILES string of the molecule is CC1CCC(N2CC(C)C(C(=O)O)C2)CC1C. The summed E-state index contributed by atoms with van der Waals surface area (Å²) in [5.41, 5.74) is 0. The number of nitrogens with zero attached hydrogens (tertiary/aromatic N) is 1. The lowest BCUT2D eigenvalue weighted by Crippen LogP contribution is -2.39. The number of carbonyl (C=O) groups is 1. The van der Waals surface area contributed by atoms with Crippen LogP contribution in [0.15, 0.2) is 0 Å². The van der Waals surface area contributed by atoms with E-state index >= 15 is 0 Å². The highest BCUT2D eigenvalue weighted by atomic mass is 16.4. The molecule has 17 heavy (non-hydrogen) atoms. The van der Waals surface area contributed by atoms with Crippen LogP contribution in [0.2, 0.25) is 0 Å². The number of hydrogen-bond acceptors (Lipinski definition) is 2. The van der Waals surface area contributed by atoms with Gasteiger partial charge in [0.15, 0.2) is 0 Å². The fourth-order valence-electron chi connectivity index (χ4n) is 3.47. The van der Waals surface area contributed by atoms with Gasteiger partial charge in [0, 0.05) is 19.1 Å². The summed E-state index contributed by atoms with van der Waals surface area (Å²) in [6.45, 7) is 8.50. The Kier molecular flexibility index (Phi) is 3.76. The van der Waals surface area contributed by atoms with Gasteiger partial charge in [-0.05, 0) is 37.0 Å². The second kappa shape index (κ2) is 4.97. The topological polar surface area (TPSA) is 40.5 Å². The molecule has 3 heteroatoms. The zero-order valence-corrected chi connectivity index (χ0v) is 11.2. The van der Waals surface area contributed by atoms with Crippen molar-refractivity contribution in [1.82, 2.24) is 4.90 Å². The summed E-state index contributed by atoms with van der Waals surface area (Å²) in [5.74, 6) is 1.17. The molecule has 2 fully saturated rings. The van der Waals surface area contributed by atoms with Crippen LogP contribution in [0.1, 0.15) is 40.0 Å². The van der Waals surface area contributed by atoms with Crippen molar-refractivity contribution in [3.8, 4) is 0 Å². The van der Waals surface area contributed by atoms with Gasteiger partial charge in [-0.25, -0.2) is 0 Å². The summed E-state index contributed by atoms with van der Waals surface area (Å²) in [7, 11) is 0. The van der Waals surface area contributed by atoms with Crippen LogP contribution in [-0.2, 0) is 4.79 Å². The molecule has 0 bridgehead atoms. The fourth-order valence-corrected chi connectivity index (χ4v) is 3.47. The summed E-state index contributed by atoms with van der Waals surface area (Å²) < 4.78 is 0. The van der Waals surface area contributed by atoms with Gasteiger partial charge in [-0.3, -0.25) is 9.69 Å². The minimum Gasteiger partial charge on any atom is -0.481 e. The third-order valence-corrected chi connectivity index (χ3v) is 5.04. The van der Waals surface area contributed by atoms with Crippen molar-refractivity contribution in [3.05, 3.63) is 0 Å². The molecule has 0 aromatic rings. The van der Waals surface area contributed by atoms with Crippen molar-refractivity contribution < 1.29 is 9.90 Å². The van der Waals surface area contributed by atoms with E-state index in [-0.39, 0.29) is 5.92 Å². The minimum atomic E-state index is -0.614. The third kappa shape index (κ3) is 2.65. The lowest BCUT2D eigenvalue weighted by Gasteiger charge is -2.37. The molecule has 0 aromatic carbocycles. The molecule has 2 rings (SSSR count). The Morgan fingerprint density at radius 2 is 1.76 bits per heavy atom. The number of likely N-dealkylation sites (tertiary alicyclic amines) is 1. The molecule has 1 saturated heterocycles. The Balaban J connectivity index is 1.94. The smallest absolute Gasteiger partial charge is 0.308 e. The fraction of sp³-hybridized carbons (Fsp3) is 0.929. The number of carboxylic acid groups (broad SMARTS) is 1. The van der Waals surface area contributed by atoms with Crippen LogP contribution in [0.4, 0.5) is 0 Å². The maximum atomic E-state index is 11.1. The van der Waals surface area contributed by atoms with Crippen LogP contribution in [0.25, 0.3) is 0 Å². The first-order valence-corrected chi connectivity index (χ1v) is 6.96. The van der Waals surface area contributed by atoms with Crippen LogP contribution < -0.4 is 0 Å². The molecule has 1 heterocycles. The highest BCUT2D eigenvalue weighted by molar-refractivity contribution is 5.71. The van der Waals surface area contributed by atoms with Crippen LogP contribution in [0.3, 0.4) is 0 Å². The summed E-state index contributed by atoms with van der Waals surface area (Å²) in [6, 6.07) is 0.632. The molecule has 1 aliphatic carbocycles. The second-order valence-corrected chi connectivity index (χ2v) is 6.30. The summed E-state index contributed by atoms with van der Waals surface area (Å²) >= 11 is 0.